The van der Waals surface area contributed by atoms with Crippen molar-refractivity contribution in [1.82, 2.24) is 4.31 Å². The molecule has 9 nitrogen and oxygen atoms in total. The zero-order valence-electron chi connectivity index (χ0n) is 18.1. The number of sulfonamides is 1. The molecule has 176 valence electrons. The highest BCUT2D eigenvalue weighted by Gasteiger charge is 2.29. The van der Waals surface area contributed by atoms with Crippen LogP contribution in [0.15, 0.2) is 41.3 Å². The Balaban J connectivity index is 2.80. The minimum Gasteiger partial charge on any atom is -0.478 e. The zero-order chi connectivity index (χ0) is 23.9. The van der Waals surface area contributed by atoms with Gasteiger partial charge in [0.15, 0.2) is 5.75 Å². The highest BCUT2D eigenvalue weighted by Crippen LogP contribution is 2.40. The summed E-state index contributed by atoms with van der Waals surface area (Å²) in [6, 6.07) is 7.33. The van der Waals surface area contributed by atoms with Gasteiger partial charge in [0.2, 0.25) is 10.0 Å². The average Bonchev–Trinajstić information content (AvgIpc) is 2.75. The number of aliphatic hydroxyl groups is 1. The number of benzene rings is 2. The second-order valence-electron chi connectivity index (χ2n) is 7.03. The Hall–Kier alpha value is -2.73. The Bertz CT molecular complexity index is 1020. The summed E-state index contributed by atoms with van der Waals surface area (Å²) in [6.45, 7) is 0.693. The van der Waals surface area contributed by atoms with Crippen molar-refractivity contribution in [3.63, 3.8) is 0 Å². The molecule has 2 N–H and O–H groups in total. The molecule has 0 heterocycles. The highest BCUT2D eigenvalue weighted by molar-refractivity contribution is 7.89. The number of carboxylic acid groups (broad SMARTS) is 1. The van der Waals surface area contributed by atoms with Crippen LogP contribution >= 0.6 is 0 Å². The molecule has 0 spiro atoms. The summed E-state index contributed by atoms with van der Waals surface area (Å²) in [4.78, 5) is 13.1. The van der Waals surface area contributed by atoms with E-state index in [-0.39, 0.29) is 53.9 Å². The first kappa shape index (κ1) is 25.5. The number of halogens is 1. The number of aliphatic hydroxyl groups excluding tert-OH is 1. The molecular weight excluding hydrogens is 443 g/mol. The molecular formula is C21H27FN2O7S. The van der Waals surface area contributed by atoms with Crippen LogP contribution in [0, 0.1) is 5.82 Å². The summed E-state index contributed by atoms with van der Waals surface area (Å²) in [5, 5.41) is 18.9. The number of nitrogens with zero attached hydrogens (tertiary/aromatic N) is 2. The van der Waals surface area contributed by atoms with Crippen LogP contribution in [0.1, 0.15) is 16.8 Å². The van der Waals surface area contributed by atoms with Crippen molar-refractivity contribution in [2.24, 2.45) is 0 Å². The van der Waals surface area contributed by atoms with Crippen molar-refractivity contribution in [3.8, 4) is 11.5 Å². The van der Waals surface area contributed by atoms with Crippen LogP contribution in [0.5, 0.6) is 11.5 Å². The van der Waals surface area contributed by atoms with Crippen molar-refractivity contribution >= 4 is 21.7 Å². The van der Waals surface area contributed by atoms with Crippen molar-refractivity contribution in [2.75, 3.05) is 52.4 Å². The number of hydrogen-bond donors (Lipinski definition) is 2. The summed E-state index contributed by atoms with van der Waals surface area (Å²) in [5.41, 5.74) is -0.0570. The normalized spacial score (nSPS) is 11.6. The summed E-state index contributed by atoms with van der Waals surface area (Å²) in [5.74, 6) is -1.75. The molecule has 0 saturated heterocycles. The van der Waals surface area contributed by atoms with Gasteiger partial charge >= 0.3 is 5.97 Å². The minimum atomic E-state index is -4.13. The first-order chi connectivity index (χ1) is 15.1. The molecule has 11 heteroatoms. The van der Waals surface area contributed by atoms with Crippen LogP contribution in [0.2, 0.25) is 0 Å². The highest BCUT2D eigenvalue weighted by atomic mass is 32.2. The lowest BCUT2D eigenvalue weighted by Gasteiger charge is -2.28. The van der Waals surface area contributed by atoms with Gasteiger partial charge in [0.1, 0.15) is 16.5 Å². The minimum absolute atomic E-state index is 0.107. The summed E-state index contributed by atoms with van der Waals surface area (Å²) in [6.07, 6.45) is 0.340. The SMILES string of the molecule is COCCN(CCCO)c1cc(C(=O)O)cc(S(=O)(=O)N(C)C)c1Oc1ccc(F)cc1. The Kier molecular flexibility index (Phi) is 8.96. The molecule has 0 bridgehead atoms. The quantitative estimate of drug-likeness (QED) is 0.486. The van der Waals surface area contributed by atoms with Gasteiger partial charge in [0, 0.05) is 40.9 Å². The molecule has 0 amide bonds. The van der Waals surface area contributed by atoms with Gasteiger partial charge in [-0.05, 0) is 42.8 Å². The number of methoxy groups -OCH3 is 1. The van der Waals surface area contributed by atoms with Crippen LogP contribution in [0.3, 0.4) is 0 Å². The van der Waals surface area contributed by atoms with Gasteiger partial charge in [-0.2, -0.15) is 0 Å². The molecule has 0 unspecified atom stereocenters. The van der Waals surface area contributed by atoms with Crippen molar-refractivity contribution in [3.05, 3.63) is 47.8 Å². The van der Waals surface area contributed by atoms with Gasteiger partial charge in [0.05, 0.1) is 17.9 Å². The maximum absolute atomic E-state index is 13.4. The van der Waals surface area contributed by atoms with Crippen molar-refractivity contribution in [1.29, 1.82) is 0 Å². The number of aromatic carboxylic acids is 1. The monoisotopic (exact) mass is 470 g/mol. The van der Waals surface area contributed by atoms with Crippen molar-refractivity contribution in [2.45, 2.75) is 11.3 Å². The van der Waals surface area contributed by atoms with E-state index < -0.39 is 21.8 Å². The third kappa shape index (κ3) is 6.16. The lowest BCUT2D eigenvalue weighted by molar-refractivity contribution is 0.0696. The first-order valence-electron chi connectivity index (χ1n) is 9.73. The van der Waals surface area contributed by atoms with Crippen LogP contribution < -0.4 is 9.64 Å². The predicted octanol–water partition coefficient (Wildman–Crippen LogP) is 2.40. The molecule has 2 aromatic rings. The number of hydrogen-bond acceptors (Lipinski definition) is 7. The van der Waals surface area contributed by atoms with E-state index in [1.165, 1.54) is 39.4 Å². The Morgan fingerprint density at radius 1 is 1.12 bits per heavy atom. The fourth-order valence-electron chi connectivity index (χ4n) is 2.87. The van der Waals surface area contributed by atoms with Crippen LogP contribution in [-0.2, 0) is 14.8 Å². The summed E-state index contributed by atoms with van der Waals surface area (Å²) >= 11 is 0. The van der Waals surface area contributed by atoms with Crippen LogP contribution in [0.4, 0.5) is 10.1 Å². The predicted molar refractivity (Wildman–Crippen MR) is 117 cm³/mol. The van der Waals surface area contributed by atoms with E-state index in [1.54, 1.807) is 4.90 Å². The van der Waals surface area contributed by atoms with E-state index >= 15 is 0 Å². The molecule has 0 aliphatic carbocycles. The van der Waals surface area contributed by atoms with Crippen LogP contribution in [-0.4, -0.2) is 76.4 Å². The van der Waals surface area contributed by atoms with E-state index in [4.69, 9.17) is 9.47 Å². The van der Waals surface area contributed by atoms with Crippen molar-refractivity contribution < 1.29 is 37.3 Å². The topological polar surface area (TPSA) is 117 Å². The molecule has 0 saturated carbocycles. The van der Waals surface area contributed by atoms with E-state index in [2.05, 4.69) is 0 Å². The maximum Gasteiger partial charge on any atom is 0.335 e. The van der Waals surface area contributed by atoms with Gasteiger partial charge in [0.25, 0.3) is 0 Å². The molecule has 0 atom stereocenters. The fraction of sp³-hybridized carbons (Fsp3) is 0.381. The second-order valence-corrected chi connectivity index (χ2v) is 9.15. The summed E-state index contributed by atoms with van der Waals surface area (Å²) in [7, 11) is 0.00661. The van der Waals surface area contributed by atoms with Gasteiger partial charge in [-0.25, -0.2) is 21.9 Å². The number of anilines is 1. The van der Waals surface area contributed by atoms with E-state index in [9.17, 15) is 27.8 Å². The molecule has 0 aromatic heterocycles. The molecule has 2 aromatic carbocycles. The van der Waals surface area contributed by atoms with Gasteiger partial charge in [-0.15, -0.1) is 0 Å². The molecule has 0 aliphatic rings. The average molecular weight is 471 g/mol. The number of carbonyl (C=O) groups is 1. The number of carboxylic acids is 1. The third-order valence-corrected chi connectivity index (χ3v) is 6.39. The molecule has 32 heavy (non-hydrogen) atoms. The zero-order valence-corrected chi connectivity index (χ0v) is 18.9. The van der Waals surface area contributed by atoms with E-state index in [0.717, 1.165) is 22.5 Å². The molecule has 0 radical (unpaired) electrons. The summed E-state index contributed by atoms with van der Waals surface area (Å²) < 4.78 is 51.5. The van der Waals surface area contributed by atoms with Gasteiger partial charge in [-0.3, -0.25) is 0 Å². The third-order valence-electron chi connectivity index (χ3n) is 4.57. The first-order valence-corrected chi connectivity index (χ1v) is 11.2. The number of ether oxygens (including phenoxy) is 2. The van der Waals surface area contributed by atoms with Gasteiger partial charge in [-0.1, -0.05) is 0 Å². The molecule has 0 fully saturated rings. The van der Waals surface area contributed by atoms with E-state index in [0.29, 0.717) is 6.42 Å². The molecule has 0 aliphatic heterocycles. The number of rotatable bonds is 12. The maximum atomic E-state index is 13.4. The van der Waals surface area contributed by atoms with Crippen LogP contribution in [0.25, 0.3) is 0 Å². The standard InChI is InChI=1S/C21H27FN2O7S/c1-23(2)32(28,29)19-14-15(21(26)27)13-18(24(9-4-11-25)10-12-30-3)20(19)31-17-7-5-16(22)6-8-17/h5-8,13-14,25H,4,9-12H2,1-3H3,(H,26,27). The lowest BCUT2D eigenvalue weighted by atomic mass is 10.1. The lowest BCUT2D eigenvalue weighted by Crippen LogP contribution is -2.30. The Labute approximate surface area is 186 Å². The van der Waals surface area contributed by atoms with E-state index in [1.807, 2.05) is 0 Å². The smallest absolute Gasteiger partial charge is 0.335 e. The second kappa shape index (κ2) is 11.2. The fourth-order valence-corrected chi connectivity index (χ4v) is 3.92. The van der Waals surface area contributed by atoms with Gasteiger partial charge < -0.3 is 24.6 Å². The Morgan fingerprint density at radius 2 is 1.78 bits per heavy atom. The Morgan fingerprint density at radius 3 is 2.31 bits per heavy atom. The largest absolute Gasteiger partial charge is 0.478 e. The molecule has 2 rings (SSSR count).